The van der Waals surface area contributed by atoms with Crippen LogP contribution in [0.4, 0.5) is 77.0 Å². The van der Waals surface area contributed by atoms with Crippen LogP contribution < -0.4 is 36.0 Å². The number of hydrogen-bond acceptors (Lipinski definition) is 30. The molecule has 0 spiro atoms. The van der Waals surface area contributed by atoms with Crippen LogP contribution in [0.25, 0.3) is 0 Å². The highest BCUT2D eigenvalue weighted by atomic mass is 35.5. The number of carboxylic acid groups (broad SMARTS) is 1. The Morgan fingerprint density at radius 1 is 0.521 bits per heavy atom. The monoisotopic (exact) mass is 2030 g/mol. The fourth-order valence-corrected chi connectivity index (χ4v) is 17.7. The molecule has 140 heavy (non-hydrogen) atoms. The Bertz CT molecular complexity index is 5000. The van der Waals surface area contributed by atoms with E-state index in [-0.39, 0.29) is 127 Å². The highest BCUT2D eigenvalue weighted by molar-refractivity contribution is 7.10. The molecule has 778 valence electrons. The molecule has 4 aliphatic rings. The summed E-state index contributed by atoms with van der Waals surface area (Å²) in [5.41, 5.74) is 14.3. The van der Waals surface area contributed by atoms with E-state index in [1.54, 1.807) is 65.0 Å². The summed E-state index contributed by atoms with van der Waals surface area (Å²) in [6.45, 7) is 43.6. The van der Waals surface area contributed by atoms with Crippen molar-refractivity contribution < 1.29 is 98.6 Å². The molecule has 0 saturated carbocycles. The van der Waals surface area contributed by atoms with Crippen molar-refractivity contribution in [1.29, 1.82) is 5.26 Å². The molecule has 0 unspecified atom stereocenters. The molecule has 10 rings (SSSR count). The van der Waals surface area contributed by atoms with E-state index < -0.39 is 30.0 Å². The summed E-state index contributed by atoms with van der Waals surface area (Å²) < 4.78 is 98.9. The summed E-state index contributed by atoms with van der Waals surface area (Å²) in [5, 5.41) is 46.7. The number of carboxylic acids is 1. The molecule has 4 fully saturated rings. The maximum absolute atomic E-state index is 13.1. The van der Waals surface area contributed by atoms with Crippen LogP contribution >= 0.6 is 34.7 Å². The number of carbonyl (C=O) groups is 8. The summed E-state index contributed by atoms with van der Waals surface area (Å²) in [6, 6.07) is 25.0. The summed E-state index contributed by atoms with van der Waals surface area (Å²) >= 11 is 6.25. The predicted molar refractivity (Wildman–Crippen MR) is 531 cm³/mol. The Morgan fingerprint density at radius 2 is 0.829 bits per heavy atom. The number of ether oxygens (including phenoxy) is 4. The van der Waals surface area contributed by atoms with Crippen molar-refractivity contribution >= 4 is 133 Å². The lowest BCUT2D eigenvalue weighted by molar-refractivity contribution is -0.384. The second-order valence-corrected chi connectivity index (χ2v) is 38.7. The number of benzene rings is 4. The molecule has 4 aromatic carbocycles. The number of hydrogen-bond donors (Lipinski definition) is 4. The number of aliphatic carboxylic acids is 1. The van der Waals surface area contributed by atoms with Gasteiger partial charge in [0.25, 0.3) is 11.4 Å². The van der Waals surface area contributed by atoms with Crippen LogP contribution in [0, 0.1) is 55.2 Å². The van der Waals surface area contributed by atoms with Gasteiger partial charge in [0.2, 0.25) is 39.0 Å². The molecular weight excluding hydrogens is 1890 g/mol. The van der Waals surface area contributed by atoms with Gasteiger partial charge in [-0.25, -0.2) is 0 Å². The van der Waals surface area contributed by atoms with E-state index in [1.165, 1.54) is 35.2 Å². The van der Waals surface area contributed by atoms with Crippen LogP contribution in [0.2, 0.25) is 4.47 Å². The first-order valence-corrected chi connectivity index (χ1v) is 48.9. The summed E-state index contributed by atoms with van der Waals surface area (Å²) in [7, 11) is 4.10. The third-order valence-electron chi connectivity index (χ3n) is 23.5. The Balaban J connectivity index is 0.000000367. The van der Waals surface area contributed by atoms with Gasteiger partial charge in [-0.15, -0.1) is 0 Å². The molecule has 0 radical (unpaired) electrons. The molecule has 34 nitrogen and oxygen atoms in total. The van der Waals surface area contributed by atoms with E-state index in [1.807, 2.05) is 71.9 Å². The summed E-state index contributed by atoms with van der Waals surface area (Å²) in [6.07, 6.45) is -1.54. The minimum atomic E-state index is -4.65. The number of rotatable bonds is 33. The van der Waals surface area contributed by atoms with E-state index >= 15 is 0 Å². The Morgan fingerprint density at radius 3 is 1.11 bits per heavy atom. The third kappa shape index (κ3) is 40.7. The Hall–Kier alpha value is -11.3. The lowest BCUT2D eigenvalue weighted by Gasteiger charge is -2.41. The first kappa shape index (κ1) is 121. The number of aromatic nitrogens is 4. The fourth-order valence-electron chi connectivity index (χ4n) is 16.5. The number of likely N-dealkylation sites (tertiary alicyclic amines) is 3. The SMILES string of the molecule is CC#N.CC(=O)N1CCC(N(CC(C)C)c2ccc([C@H](C)CC(=O)O)cc2Nc2nc(C(F)(F)F)ns2)CC1.CCOC(C)=O.COC(=O)C[C@@H](C)c1ccc(N(CC(C)C)C2CCN(C(C)=O)CC2)c(N)c1.COC(=O)C[C@@H](C)c1ccc(N(CC(C)C)C2CCN(C(C)=O)CC2)c([N+](=O)[O-])c1.COC(=O)C[C@@H](C)c1ccc(N(CC(C)C)C2CCNCC2)c([N+](=O)[O-])c1.FC(F)(F)c1nsc(Cl)n1. The topological polar surface area (TPSA) is 428 Å². The van der Waals surface area contributed by atoms with E-state index in [4.69, 9.17) is 36.8 Å². The van der Waals surface area contributed by atoms with E-state index in [9.17, 15) is 90.0 Å². The van der Waals surface area contributed by atoms with Crippen LogP contribution in [0.5, 0.6) is 0 Å². The second-order valence-electron chi connectivity index (χ2n) is 36.6. The number of methoxy groups -OCH3 is 3. The number of halogens is 7. The first-order chi connectivity index (χ1) is 65.7. The third-order valence-corrected chi connectivity index (χ3v) is 25.0. The summed E-state index contributed by atoms with van der Waals surface area (Å²) in [4.78, 5) is 135. The minimum absolute atomic E-state index is 0.00232. The van der Waals surface area contributed by atoms with Gasteiger partial charge >= 0.3 is 42.2 Å². The Labute approximate surface area is 831 Å². The van der Waals surface area contributed by atoms with E-state index in [0.29, 0.717) is 128 Å². The molecular formula is C97H142ClF6N17O17S2. The molecule has 3 amide bonds. The van der Waals surface area contributed by atoms with Gasteiger partial charge in [0.05, 0.1) is 92.3 Å². The zero-order valence-corrected chi connectivity index (χ0v) is 86.7. The number of carbonyl (C=O) groups excluding carboxylic acids is 7. The molecule has 2 aromatic heterocycles. The van der Waals surface area contributed by atoms with Gasteiger partial charge in [0.15, 0.2) is 0 Å². The van der Waals surface area contributed by atoms with E-state index in [0.717, 1.165) is 130 Å². The smallest absolute Gasteiger partial charge is 0.452 e. The Kier molecular flexibility index (Phi) is 51.4. The normalized spacial score (nSPS) is 15.0. The number of esters is 4. The lowest BCUT2D eigenvalue weighted by Crippen LogP contribution is -2.47. The standard InChI is InChI=1S/C24H32F3N5O3S.C22H33N3O5.C22H35N3O3.C20H31N3O4.C4H8O2.C3ClF3N2S.C2H3N/c1-14(2)13-32(18-7-9-31(10-8-18)16(4)33)20-6-5-17(15(3)11-21(34)35)12-19(20)28-23-29-22(30-36-23)24(25,26)27;1-15(2)14-24(19-8-10-23(11-9-19)17(4)26)20-7-6-18(13-21(20)25(28)29)16(3)12-22(27)30-5;1-15(2)14-25(19-8-10-24(11-9-19)17(4)26)21-7-6-18(13-20(21)23)16(3)12-22(27)28-5;1-14(2)13-22(17-7-9-21-10-8-17)18-6-5-16(12-19(18)23(25)26)15(3)11-20(24)27-4;1-3-6-4(2)5;4-2-8-1(9-10-2)3(5,6)7;1-2-3/h5-6,12,14-15,18H,7-11,13H2,1-4H3,(H,34,35)(H,28,29,30);6-7,13,15-16,19H,8-12,14H2,1-5H3;6-7,13,15-16,19H,8-12,14,23H2,1-5H3;5-6,12,14-15,17,21H,7-11,13H2,1-4H3;3H2,1-2H3;;1H3/t15-;2*16-;15-;;;/m1111.../s1. The molecule has 4 aliphatic heterocycles. The summed E-state index contributed by atoms with van der Waals surface area (Å²) in [5.74, 6) is -3.16. The molecule has 5 N–H and O–H groups in total. The largest absolute Gasteiger partial charge is 0.481 e. The quantitative estimate of drug-likeness (QED) is 0.00742. The van der Waals surface area contributed by atoms with Crippen LogP contribution in [0.15, 0.2) is 72.8 Å². The fraction of sp³-hybridized carbons (Fsp3) is 0.619. The number of nitrogens with one attached hydrogen (secondary N) is 2. The number of anilines is 7. The molecule has 6 aromatic rings. The number of nitriles is 1. The van der Waals surface area contributed by atoms with Crippen molar-refractivity contribution in [2.24, 2.45) is 23.7 Å². The zero-order chi connectivity index (χ0) is 105. The molecule has 0 bridgehead atoms. The van der Waals surface area contributed by atoms with Gasteiger partial charge in [-0.3, -0.25) is 58.6 Å². The number of nitrogens with two attached hydrogens (primary N) is 1. The van der Waals surface area contributed by atoms with Gasteiger partial charge < -0.3 is 74.7 Å². The highest BCUT2D eigenvalue weighted by Gasteiger charge is 2.40. The molecule has 4 atom stereocenters. The van der Waals surface area contributed by atoms with Crippen LogP contribution in [0.3, 0.4) is 0 Å². The molecule has 0 aliphatic carbocycles. The van der Waals surface area contributed by atoms with Crippen molar-refractivity contribution in [3.63, 3.8) is 0 Å². The highest BCUT2D eigenvalue weighted by Crippen LogP contribution is 2.43. The van der Waals surface area contributed by atoms with Gasteiger partial charge in [0.1, 0.15) is 11.4 Å². The van der Waals surface area contributed by atoms with Crippen LogP contribution in [-0.4, -0.2) is 227 Å². The van der Waals surface area contributed by atoms with Gasteiger partial charge in [-0.05, 0) is 201 Å². The number of nitro benzene ring substituents is 2. The number of alkyl halides is 6. The zero-order valence-electron chi connectivity index (χ0n) is 84.3. The molecule has 4 saturated heterocycles. The average molecular weight is 2030 g/mol. The average Bonchev–Trinajstić information content (AvgIpc) is 1.24. The number of nitrogen functional groups attached to an aromatic ring is 1. The lowest BCUT2D eigenvalue weighted by atomic mass is 9.95. The number of nitrogens with zero attached hydrogens (tertiary/aromatic N) is 14. The predicted octanol–water partition coefficient (Wildman–Crippen LogP) is 19.3. The van der Waals surface area contributed by atoms with Gasteiger partial charge in [-0.1, -0.05) is 107 Å². The number of amides is 3. The van der Waals surface area contributed by atoms with Gasteiger partial charge in [0, 0.05) is 148 Å². The number of nitro groups is 2. The van der Waals surface area contributed by atoms with Crippen molar-refractivity contribution in [2.45, 2.75) is 262 Å². The van der Waals surface area contributed by atoms with Gasteiger partial charge in [-0.2, -0.15) is 50.3 Å². The minimum Gasteiger partial charge on any atom is -0.481 e. The van der Waals surface area contributed by atoms with Crippen LogP contribution in [0.1, 0.15) is 259 Å². The molecule has 6 heterocycles. The maximum Gasteiger partial charge on any atom is 0.452 e. The van der Waals surface area contributed by atoms with Crippen LogP contribution in [-0.2, 0) is 69.7 Å². The first-order valence-electron chi connectivity index (χ1n) is 47.0. The van der Waals surface area contributed by atoms with Crippen molar-refractivity contribution in [2.75, 3.05) is 137 Å². The second kappa shape index (κ2) is 59.4. The van der Waals surface area contributed by atoms with Crippen molar-refractivity contribution in [3.8, 4) is 6.07 Å². The maximum atomic E-state index is 13.1. The number of piperidine rings is 4. The van der Waals surface area contributed by atoms with E-state index in [2.05, 4.69) is 121 Å². The van der Waals surface area contributed by atoms with Crippen molar-refractivity contribution in [1.82, 2.24) is 38.7 Å². The van der Waals surface area contributed by atoms with Crippen molar-refractivity contribution in [3.05, 3.63) is 131 Å². The molecule has 43 heteroatoms.